The number of hydrogen-bond acceptors (Lipinski definition) is 3. The first-order valence-electron chi connectivity index (χ1n) is 7.81. The number of nitrogens with one attached hydrogen (secondary N) is 1. The fourth-order valence-electron chi connectivity index (χ4n) is 3.61. The molecule has 1 aliphatic rings. The number of nitrogens with zero attached hydrogens (tertiary/aromatic N) is 1. The lowest BCUT2D eigenvalue weighted by Gasteiger charge is -2.40. The minimum atomic E-state index is -0.601. The van der Waals surface area contributed by atoms with Gasteiger partial charge in [-0.2, -0.15) is 0 Å². The Balaban J connectivity index is 2.55. The van der Waals surface area contributed by atoms with Crippen LogP contribution in [0, 0.1) is 17.8 Å². The molecule has 3 atom stereocenters. The summed E-state index contributed by atoms with van der Waals surface area (Å²) in [6.07, 6.45) is 3.97. The number of hydrogen-bond donors (Lipinski definition) is 2. The molecule has 3 heteroatoms. The van der Waals surface area contributed by atoms with Crippen LogP contribution in [0.2, 0.25) is 0 Å². The van der Waals surface area contributed by atoms with Crippen molar-refractivity contribution in [1.82, 2.24) is 10.2 Å². The van der Waals surface area contributed by atoms with E-state index < -0.39 is 5.60 Å². The molecule has 0 amide bonds. The predicted molar refractivity (Wildman–Crippen MR) is 82.3 cm³/mol. The van der Waals surface area contributed by atoms with Crippen molar-refractivity contribution in [2.75, 3.05) is 27.2 Å². The number of aliphatic hydroxyl groups is 1. The molecule has 2 N–H and O–H groups in total. The molecule has 0 saturated heterocycles. The molecule has 0 aromatic heterocycles. The zero-order valence-corrected chi connectivity index (χ0v) is 13.7. The van der Waals surface area contributed by atoms with Crippen LogP contribution in [0.15, 0.2) is 0 Å². The summed E-state index contributed by atoms with van der Waals surface area (Å²) in [5.74, 6) is 2.36. The van der Waals surface area contributed by atoms with Crippen molar-refractivity contribution in [3.8, 4) is 0 Å². The molecule has 1 aliphatic carbocycles. The lowest BCUT2D eigenvalue weighted by Crippen LogP contribution is -2.46. The molecular formula is C16H34N2O. The highest BCUT2D eigenvalue weighted by molar-refractivity contribution is 4.87. The Morgan fingerprint density at radius 2 is 1.95 bits per heavy atom. The second-order valence-electron chi connectivity index (χ2n) is 7.48. The van der Waals surface area contributed by atoms with Crippen molar-refractivity contribution < 1.29 is 5.11 Å². The van der Waals surface area contributed by atoms with Gasteiger partial charge in [-0.25, -0.2) is 0 Å². The van der Waals surface area contributed by atoms with E-state index in [2.05, 4.69) is 38.2 Å². The second kappa shape index (κ2) is 7.05. The van der Waals surface area contributed by atoms with Gasteiger partial charge in [0.15, 0.2) is 0 Å². The van der Waals surface area contributed by atoms with Gasteiger partial charge in [0.1, 0.15) is 0 Å². The highest BCUT2D eigenvalue weighted by atomic mass is 16.3. The normalized spacial score (nSPS) is 29.2. The molecule has 0 aromatic rings. The molecule has 0 spiro atoms. The lowest BCUT2D eigenvalue weighted by molar-refractivity contribution is 0.0324. The van der Waals surface area contributed by atoms with Crippen LogP contribution in [-0.2, 0) is 0 Å². The highest BCUT2D eigenvalue weighted by Crippen LogP contribution is 2.34. The zero-order valence-electron chi connectivity index (χ0n) is 13.7. The van der Waals surface area contributed by atoms with Gasteiger partial charge in [-0.05, 0) is 65.0 Å². The Kier molecular flexibility index (Phi) is 6.28. The van der Waals surface area contributed by atoms with Gasteiger partial charge in [-0.1, -0.05) is 13.8 Å². The van der Waals surface area contributed by atoms with Crippen molar-refractivity contribution in [3.63, 3.8) is 0 Å². The highest BCUT2D eigenvalue weighted by Gasteiger charge is 2.32. The van der Waals surface area contributed by atoms with E-state index in [4.69, 9.17) is 0 Å². The number of likely N-dealkylation sites (N-methyl/N-ethyl adjacent to an activating group) is 1. The lowest BCUT2D eigenvalue weighted by atomic mass is 9.73. The standard InChI is InChI=1S/C16H34N2O/c1-12(2)13-7-8-15(17-5)14(9-13)10-18(6)11-16(3,4)19/h12-15,17,19H,7-11H2,1-6H3. The molecule has 1 fully saturated rings. The minimum absolute atomic E-state index is 0.601. The summed E-state index contributed by atoms with van der Waals surface area (Å²) in [6, 6.07) is 0.638. The quantitative estimate of drug-likeness (QED) is 0.778. The summed E-state index contributed by atoms with van der Waals surface area (Å²) in [5, 5.41) is 13.4. The molecule has 19 heavy (non-hydrogen) atoms. The molecule has 3 nitrogen and oxygen atoms in total. The van der Waals surface area contributed by atoms with Crippen molar-refractivity contribution in [3.05, 3.63) is 0 Å². The first-order chi connectivity index (χ1) is 8.73. The largest absolute Gasteiger partial charge is 0.389 e. The van der Waals surface area contributed by atoms with Crippen LogP contribution in [0.25, 0.3) is 0 Å². The van der Waals surface area contributed by atoms with E-state index in [-0.39, 0.29) is 0 Å². The van der Waals surface area contributed by atoms with E-state index in [1.54, 1.807) is 0 Å². The third-order valence-corrected chi connectivity index (χ3v) is 4.54. The van der Waals surface area contributed by atoms with Crippen LogP contribution in [0.1, 0.15) is 47.0 Å². The molecule has 0 aliphatic heterocycles. The summed E-state index contributed by atoms with van der Waals surface area (Å²) in [4.78, 5) is 2.29. The summed E-state index contributed by atoms with van der Waals surface area (Å²) < 4.78 is 0. The second-order valence-corrected chi connectivity index (χ2v) is 7.48. The van der Waals surface area contributed by atoms with Crippen LogP contribution in [-0.4, -0.2) is 48.8 Å². The van der Waals surface area contributed by atoms with Gasteiger partial charge in [0.25, 0.3) is 0 Å². The van der Waals surface area contributed by atoms with Gasteiger partial charge < -0.3 is 15.3 Å². The third kappa shape index (κ3) is 5.80. The summed E-state index contributed by atoms with van der Waals surface area (Å²) in [6.45, 7) is 10.3. The molecule has 1 rings (SSSR count). The Morgan fingerprint density at radius 3 is 2.42 bits per heavy atom. The van der Waals surface area contributed by atoms with E-state index in [0.717, 1.165) is 24.9 Å². The van der Waals surface area contributed by atoms with Crippen molar-refractivity contribution >= 4 is 0 Å². The van der Waals surface area contributed by atoms with Crippen LogP contribution < -0.4 is 5.32 Å². The van der Waals surface area contributed by atoms with Gasteiger partial charge in [-0.15, -0.1) is 0 Å². The van der Waals surface area contributed by atoms with E-state index in [0.29, 0.717) is 12.0 Å². The van der Waals surface area contributed by atoms with Crippen LogP contribution in [0.3, 0.4) is 0 Å². The average Bonchev–Trinajstić information content (AvgIpc) is 2.26. The smallest absolute Gasteiger partial charge is 0.0718 e. The molecule has 3 unspecified atom stereocenters. The van der Waals surface area contributed by atoms with Gasteiger partial charge in [0, 0.05) is 19.1 Å². The summed E-state index contributed by atoms with van der Waals surface area (Å²) >= 11 is 0. The fraction of sp³-hybridized carbons (Fsp3) is 1.00. The SMILES string of the molecule is CNC1CCC(C(C)C)CC1CN(C)CC(C)(C)O. The predicted octanol–water partition coefficient (Wildman–Crippen LogP) is 2.35. The van der Waals surface area contributed by atoms with Gasteiger partial charge in [0.2, 0.25) is 0 Å². The Labute approximate surface area is 119 Å². The topological polar surface area (TPSA) is 35.5 Å². The fourth-order valence-corrected chi connectivity index (χ4v) is 3.61. The van der Waals surface area contributed by atoms with Crippen LogP contribution in [0.5, 0.6) is 0 Å². The van der Waals surface area contributed by atoms with E-state index >= 15 is 0 Å². The van der Waals surface area contributed by atoms with Gasteiger partial charge in [-0.3, -0.25) is 0 Å². The summed E-state index contributed by atoms with van der Waals surface area (Å²) in [5.41, 5.74) is -0.601. The van der Waals surface area contributed by atoms with E-state index in [9.17, 15) is 5.11 Å². The van der Waals surface area contributed by atoms with Crippen molar-refractivity contribution in [2.45, 2.75) is 58.6 Å². The molecule has 0 heterocycles. The van der Waals surface area contributed by atoms with Crippen molar-refractivity contribution in [2.24, 2.45) is 17.8 Å². The number of rotatable bonds is 6. The van der Waals surface area contributed by atoms with Crippen LogP contribution in [0.4, 0.5) is 0 Å². The van der Waals surface area contributed by atoms with Gasteiger partial charge in [0.05, 0.1) is 5.60 Å². The molecule has 0 bridgehead atoms. The maximum Gasteiger partial charge on any atom is 0.0718 e. The van der Waals surface area contributed by atoms with E-state index in [1.807, 2.05) is 13.8 Å². The third-order valence-electron chi connectivity index (χ3n) is 4.54. The maximum atomic E-state index is 9.92. The zero-order chi connectivity index (χ0) is 14.6. The molecule has 0 radical (unpaired) electrons. The average molecular weight is 270 g/mol. The monoisotopic (exact) mass is 270 g/mol. The van der Waals surface area contributed by atoms with Crippen molar-refractivity contribution in [1.29, 1.82) is 0 Å². The van der Waals surface area contributed by atoms with E-state index in [1.165, 1.54) is 19.3 Å². The first kappa shape index (κ1) is 16.9. The molecule has 1 saturated carbocycles. The Morgan fingerprint density at radius 1 is 1.32 bits per heavy atom. The Bertz CT molecular complexity index is 260. The Hall–Kier alpha value is -0.120. The van der Waals surface area contributed by atoms with Crippen LogP contribution >= 0.6 is 0 Å². The molecular weight excluding hydrogens is 236 g/mol. The molecule has 0 aromatic carbocycles. The molecule has 114 valence electrons. The van der Waals surface area contributed by atoms with Gasteiger partial charge >= 0.3 is 0 Å². The first-order valence-corrected chi connectivity index (χ1v) is 7.81. The maximum absolute atomic E-state index is 9.92. The minimum Gasteiger partial charge on any atom is -0.389 e. The summed E-state index contributed by atoms with van der Waals surface area (Å²) in [7, 11) is 4.22.